The summed E-state index contributed by atoms with van der Waals surface area (Å²) in [5.74, 6) is 1.60. The third kappa shape index (κ3) is 5.71. The molecule has 0 radical (unpaired) electrons. The fourth-order valence-electron chi connectivity index (χ4n) is 2.55. The predicted octanol–water partition coefficient (Wildman–Crippen LogP) is 4.02. The van der Waals surface area contributed by atoms with Crippen molar-refractivity contribution in [1.82, 2.24) is 4.90 Å². The summed E-state index contributed by atoms with van der Waals surface area (Å²) in [5.41, 5.74) is 2.17. The maximum atomic E-state index is 12.4. The third-order valence-corrected chi connectivity index (χ3v) is 4.79. The van der Waals surface area contributed by atoms with Crippen LogP contribution in [0.4, 0.5) is 0 Å². The minimum atomic E-state index is 0.121. The normalized spacial score (nSPS) is 10.4. The second kappa shape index (κ2) is 9.37. The molecule has 0 bridgehead atoms. The van der Waals surface area contributed by atoms with Crippen molar-refractivity contribution in [1.29, 1.82) is 0 Å². The number of methoxy groups -OCH3 is 2. The fourth-order valence-corrected chi connectivity index (χ4v) is 2.95. The zero-order valence-corrected chi connectivity index (χ0v) is 16.1. The Morgan fingerprint density at radius 1 is 1.00 bits per heavy atom. The van der Waals surface area contributed by atoms with Crippen LogP contribution >= 0.6 is 11.8 Å². The molecule has 5 heteroatoms. The molecule has 0 N–H and O–H groups in total. The number of ether oxygens (including phenoxy) is 2. The molecule has 2 aromatic carbocycles. The Morgan fingerprint density at radius 3 is 2.12 bits per heavy atom. The van der Waals surface area contributed by atoms with Gasteiger partial charge in [0.05, 0.1) is 14.2 Å². The summed E-state index contributed by atoms with van der Waals surface area (Å²) in [6.07, 6.45) is 3.16. The molecule has 0 heterocycles. The largest absolute Gasteiger partial charge is 0.497 e. The first-order valence-electron chi connectivity index (χ1n) is 8.14. The number of rotatable bonds is 8. The van der Waals surface area contributed by atoms with Crippen LogP contribution in [0.3, 0.4) is 0 Å². The number of carbonyl (C=O) groups excluding carboxylic acids is 1. The molecule has 2 rings (SSSR count). The Morgan fingerprint density at radius 2 is 1.60 bits per heavy atom. The molecular formula is C20H25NO3S. The van der Waals surface area contributed by atoms with Gasteiger partial charge in [-0.15, -0.1) is 11.8 Å². The lowest BCUT2D eigenvalue weighted by Crippen LogP contribution is -2.26. The van der Waals surface area contributed by atoms with Gasteiger partial charge in [-0.25, -0.2) is 0 Å². The Balaban J connectivity index is 1.92. The molecule has 1 amide bonds. The monoisotopic (exact) mass is 359 g/mol. The minimum Gasteiger partial charge on any atom is -0.497 e. The highest BCUT2D eigenvalue weighted by Gasteiger charge is 2.11. The van der Waals surface area contributed by atoms with E-state index in [4.69, 9.17) is 9.47 Å². The van der Waals surface area contributed by atoms with Gasteiger partial charge in [0.15, 0.2) is 0 Å². The number of benzene rings is 2. The molecule has 0 aliphatic heterocycles. The molecular weight excluding hydrogens is 334 g/mol. The van der Waals surface area contributed by atoms with Crippen molar-refractivity contribution in [2.24, 2.45) is 0 Å². The van der Waals surface area contributed by atoms with Crippen LogP contribution in [0.25, 0.3) is 0 Å². The number of thioether (sulfide) groups is 1. The molecule has 2 aromatic rings. The van der Waals surface area contributed by atoms with Crippen molar-refractivity contribution in [3.63, 3.8) is 0 Å². The van der Waals surface area contributed by atoms with E-state index in [1.807, 2.05) is 25.2 Å². The van der Waals surface area contributed by atoms with E-state index >= 15 is 0 Å². The highest BCUT2D eigenvalue weighted by Crippen LogP contribution is 2.23. The molecule has 0 aliphatic rings. The summed E-state index contributed by atoms with van der Waals surface area (Å²) in [7, 11) is 5.09. The van der Waals surface area contributed by atoms with Crippen LogP contribution in [0, 0.1) is 0 Å². The van der Waals surface area contributed by atoms with Crippen molar-refractivity contribution in [3.8, 4) is 11.5 Å². The lowest BCUT2D eigenvalue weighted by atomic mass is 10.1. The lowest BCUT2D eigenvalue weighted by Gasteiger charge is -2.18. The summed E-state index contributed by atoms with van der Waals surface area (Å²) >= 11 is 1.71. The van der Waals surface area contributed by atoms with Gasteiger partial charge in [-0.05, 0) is 48.1 Å². The fraction of sp³-hybridized carbons (Fsp3) is 0.350. The molecule has 0 spiro atoms. The van der Waals surface area contributed by atoms with E-state index in [2.05, 4.69) is 30.5 Å². The van der Waals surface area contributed by atoms with E-state index in [-0.39, 0.29) is 5.91 Å². The van der Waals surface area contributed by atoms with Crippen molar-refractivity contribution in [2.45, 2.75) is 24.3 Å². The highest BCUT2D eigenvalue weighted by molar-refractivity contribution is 7.98. The van der Waals surface area contributed by atoms with Crippen LogP contribution in [0.1, 0.15) is 17.5 Å². The first-order chi connectivity index (χ1) is 12.0. The van der Waals surface area contributed by atoms with Gasteiger partial charge in [-0.2, -0.15) is 0 Å². The maximum Gasteiger partial charge on any atom is 0.222 e. The minimum absolute atomic E-state index is 0.121. The smallest absolute Gasteiger partial charge is 0.222 e. The standard InChI is InChI=1S/C20H25NO3S/c1-21(14-15-5-8-19(25-4)9-6-15)20(22)10-7-16-11-17(23-2)13-18(12-16)24-3/h5-6,8-9,11-13H,7,10,14H2,1-4H3. The van der Waals surface area contributed by atoms with Gasteiger partial charge in [-0.3, -0.25) is 4.79 Å². The average Bonchev–Trinajstić information content (AvgIpc) is 2.66. The van der Waals surface area contributed by atoms with Gasteiger partial charge in [0.25, 0.3) is 0 Å². The summed E-state index contributed by atoms with van der Waals surface area (Å²) in [5, 5.41) is 0. The van der Waals surface area contributed by atoms with Gasteiger partial charge in [-0.1, -0.05) is 12.1 Å². The lowest BCUT2D eigenvalue weighted by molar-refractivity contribution is -0.130. The summed E-state index contributed by atoms with van der Waals surface area (Å²) in [4.78, 5) is 15.4. The summed E-state index contributed by atoms with van der Waals surface area (Å²) in [6.45, 7) is 0.620. The Bertz CT molecular complexity index is 678. The van der Waals surface area contributed by atoms with Crippen molar-refractivity contribution >= 4 is 17.7 Å². The summed E-state index contributed by atoms with van der Waals surface area (Å²) < 4.78 is 10.5. The Hall–Kier alpha value is -2.14. The Labute approximate surface area is 154 Å². The number of amides is 1. The molecule has 0 atom stereocenters. The second-order valence-corrected chi connectivity index (χ2v) is 6.70. The average molecular weight is 359 g/mol. The van der Waals surface area contributed by atoms with E-state index in [1.54, 1.807) is 30.9 Å². The SMILES string of the molecule is COc1cc(CCC(=O)N(C)Cc2ccc(SC)cc2)cc(OC)c1. The van der Waals surface area contributed by atoms with Crippen LogP contribution in [0.5, 0.6) is 11.5 Å². The predicted molar refractivity (Wildman–Crippen MR) is 103 cm³/mol. The molecule has 0 saturated heterocycles. The molecule has 0 unspecified atom stereocenters. The van der Waals surface area contributed by atoms with Crippen molar-refractivity contribution in [3.05, 3.63) is 53.6 Å². The molecule has 134 valence electrons. The quantitative estimate of drug-likeness (QED) is 0.668. The zero-order valence-electron chi connectivity index (χ0n) is 15.2. The number of hydrogen-bond acceptors (Lipinski definition) is 4. The van der Waals surface area contributed by atoms with Crippen molar-refractivity contribution < 1.29 is 14.3 Å². The zero-order chi connectivity index (χ0) is 18.2. The van der Waals surface area contributed by atoms with Gasteiger partial charge >= 0.3 is 0 Å². The van der Waals surface area contributed by atoms with E-state index in [0.29, 0.717) is 19.4 Å². The third-order valence-electron chi connectivity index (χ3n) is 4.04. The van der Waals surface area contributed by atoms with Gasteiger partial charge in [0, 0.05) is 31.0 Å². The van der Waals surface area contributed by atoms with Crippen LogP contribution in [0.2, 0.25) is 0 Å². The molecule has 0 aromatic heterocycles. The van der Waals surface area contributed by atoms with Crippen LogP contribution in [0.15, 0.2) is 47.4 Å². The number of aryl methyl sites for hydroxylation is 1. The van der Waals surface area contributed by atoms with E-state index in [0.717, 1.165) is 22.6 Å². The second-order valence-electron chi connectivity index (χ2n) is 5.82. The number of hydrogen-bond donors (Lipinski definition) is 0. The van der Waals surface area contributed by atoms with Gasteiger partial charge < -0.3 is 14.4 Å². The van der Waals surface area contributed by atoms with Crippen LogP contribution in [-0.4, -0.2) is 38.3 Å². The van der Waals surface area contributed by atoms with E-state index in [9.17, 15) is 4.79 Å². The maximum absolute atomic E-state index is 12.4. The van der Waals surface area contributed by atoms with Crippen molar-refractivity contribution in [2.75, 3.05) is 27.5 Å². The van der Waals surface area contributed by atoms with E-state index in [1.165, 1.54) is 4.90 Å². The molecule has 25 heavy (non-hydrogen) atoms. The highest BCUT2D eigenvalue weighted by atomic mass is 32.2. The molecule has 0 aliphatic carbocycles. The van der Waals surface area contributed by atoms with Gasteiger partial charge in [0.1, 0.15) is 11.5 Å². The Kier molecular flexibility index (Phi) is 7.19. The number of carbonyl (C=O) groups is 1. The molecule has 0 saturated carbocycles. The van der Waals surface area contributed by atoms with Gasteiger partial charge in [0.2, 0.25) is 5.91 Å². The molecule has 0 fully saturated rings. The number of nitrogens with zero attached hydrogens (tertiary/aromatic N) is 1. The van der Waals surface area contributed by atoms with Crippen LogP contribution in [-0.2, 0) is 17.8 Å². The van der Waals surface area contributed by atoms with E-state index < -0.39 is 0 Å². The topological polar surface area (TPSA) is 38.8 Å². The molecule has 4 nitrogen and oxygen atoms in total. The van der Waals surface area contributed by atoms with Crippen LogP contribution < -0.4 is 9.47 Å². The summed E-state index contributed by atoms with van der Waals surface area (Å²) in [6, 6.07) is 14.0. The first-order valence-corrected chi connectivity index (χ1v) is 9.37. The first kappa shape index (κ1) is 19.2.